The highest BCUT2D eigenvalue weighted by Gasteiger charge is 2.19. The van der Waals surface area contributed by atoms with Crippen LogP contribution in [0.4, 0.5) is 0 Å². The van der Waals surface area contributed by atoms with Gasteiger partial charge in [0.25, 0.3) is 0 Å². The minimum atomic E-state index is 0.537. The van der Waals surface area contributed by atoms with Gasteiger partial charge in [-0.3, -0.25) is 11.3 Å². The van der Waals surface area contributed by atoms with Gasteiger partial charge in [-0.05, 0) is 24.5 Å². The van der Waals surface area contributed by atoms with E-state index in [2.05, 4.69) is 12.3 Å². The molecule has 0 radical (unpaired) electrons. The lowest BCUT2D eigenvalue weighted by molar-refractivity contribution is 0.415. The van der Waals surface area contributed by atoms with Crippen molar-refractivity contribution in [1.82, 2.24) is 5.43 Å². The summed E-state index contributed by atoms with van der Waals surface area (Å²) >= 11 is 2.03. The second kappa shape index (κ2) is 7.55. The zero-order valence-corrected chi connectivity index (χ0v) is 10.1. The van der Waals surface area contributed by atoms with Crippen LogP contribution in [0.1, 0.15) is 45.4 Å². The summed E-state index contributed by atoms with van der Waals surface area (Å²) < 4.78 is 0. The maximum Gasteiger partial charge on any atom is 0.0303 e. The van der Waals surface area contributed by atoms with Crippen molar-refractivity contribution in [3.05, 3.63) is 0 Å². The number of thioether (sulfide) groups is 1. The van der Waals surface area contributed by atoms with Crippen LogP contribution in [0.25, 0.3) is 0 Å². The van der Waals surface area contributed by atoms with Crippen LogP contribution in [0.15, 0.2) is 0 Å². The summed E-state index contributed by atoms with van der Waals surface area (Å²) in [6, 6.07) is 0.537. The lowest BCUT2D eigenvalue weighted by atomic mass is 10.00. The molecule has 0 bridgehead atoms. The van der Waals surface area contributed by atoms with Crippen LogP contribution in [-0.2, 0) is 0 Å². The van der Waals surface area contributed by atoms with Gasteiger partial charge in [0.1, 0.15) is 0 Å². The fourth-order valence-corrected chi connectivity index (χ4v) is 3.17. The molecule has 3 heteroatoms. The van der Waals surface area contributed by atoms with Gasteiger partial charge in [0.15, 0.2) is 0 Å². The van der Waals surface area contributed by atoms with E-state index in [-0.39, 0.29) is 0 Å². The Hall–Kier alpha value is 0.270. The van der Waals surface area contributed by atoms with Crippen molar-refractivity contribution in [2.75, 3.05) is 11.5 Å². The molecule has 0 saturated heterocycles. The van der Waals surface area contributed by atoms with Crippen LogP contribution in [-0.4, -0.2) is 17.5 Å². The van der Waals surface area contributed by atoms with E-state index in [1.807, 2.05) is 11.8 Å². The Morgan fingerprint density at radius 2 is 2.14 bits per heavy atom. The predicted octanol–water partition coefficient (Wildman–Crippen LogP) is 2.54. The summed E-state index contributed by atoms with van der Waals surface area (Å²) in [6.45, 7) is 2.23. The first-order valence-corrected chi connectivity index (χ1v) is 7.06. The Morgan fingerprint density at radius 1 is 1.43 bits per heavy atom. The van der Waals surface area contributed by atoms with Crippen LogP contribution >= 0.6 is 11.8 Å². The van der Waals surface area contributed by atoms with E-state index in [1.54, 1.807) is 0 Å². The summed E-state index contributed by atoms with van der Waals surface area (Å²) in [5.74, 6) is 8.96. The molecule has 0 aromatic rings. The number of nitrogens with two attached hydrogens (primary N) is 1. The average Bonchev–Trinajstić information content (AvgIpc) is 2.69. The van der Waals surface area contributed by atoms with E-state index >= 15 is 0 Å². The van der Waals surface area contributed by atoms with E-state index in [0.717, 1.165) is 5.92 Å². The second-order valence-corrected chi connectivity index (χ2v) is 5.47. The van der Waals surface area contributed by atoms with Gasteiger partial charge in [-0.15, -0.1) is 0 Å². The van der Waals surface area contributed by atoms with Crippen LogP contribution in [0, 0.1) is 5.92 Å². The summed E-state index contributed by atoms with van der Waals surface area (Å²) in [7, 11) is 0. The van der Waals surface area contributed by atoms with E-state index in [0.29, 0.717) is 6.04 Å². The topological polar surface area (TPSA) is 38.0 Å². The minimum Gasteiger partial charge on any atom is -0.271 e. The molecule has 0 aromatic heterocycles. The summed E-state index contributed by atoms with van der Waals surface area (Å²) in [5.41, 5.74) is 2.97. The van der Waals surface area contributed by atoms with Gasteiger partial charge in [0.05, 0.1) is 0 Å². The Morgan fingerprint density at radius 3 is 2.71 bits per heavy atom. The monoisotopic (exact) mass is 216 g/mol. The fraction of sp³-hybridized carbons (Fsp3) is 1.00. The molecule has 14 heavy (non-hydrogen) atoms. The molecule has 3 N–H and O–H groups in total. The van der Waals surface area contributed by atoms with Gasteiger partial charge < -0.3 is 0 Å². The Bertz CT molecular complexity index is 135. The zero-order chi connectivity index (χ0) is 10.2. The van der Waals surface area contributed by atoms with Crippen molar-refractivity contribution in [3.8, 4) is 0 Å². The van der Waals surface area contributed by atoms with Crippen molar-refractivity contribution < 1.29 is 0 Å². The lowest BCUT2D eigenvalue weighted by Crippen LogP contribution is -2.38. The summed E-state index contributed by atoms with van der Waals surface area (Å²) in [6.07, 6.45) is 8.28. The van der Waals surface area contributed by atoms with Gasteiger partial charge >= 0.3 is 0 Å². The van der Waals surface area contributed by atoms with Crippen LogP contribution in [0.3, 0.4) is 0 Å². The predicted molar refractivity (Wildman–Crippen MR) is 65.3 cm³/mol. The van der Waals surface area contributed by atoms with Crippen LogP contribution in [0.5, 0.6) is 0 Å². The standard InChI is InChI=1S/C11H24N2S/c1-2-7-14-9-11(13-12)8-10-5-3-4-6-10/h10-11,13H,2-9,12H2,1H3. The van der Waals surface area contributed by atoms with Crippen molar-refractivity contribution in [3.63, 3.8) is 0 Å². The lowest BCUT2D eigenvalue weighted by Gasteiger charge is -2.19. The third kappa shape index (κ3) is 4.67. The third-order valence-corrected chi connectivity index (χ3v) is 4.33. The number of rotatable bonds is 7. The molecule has 1 fully saturated rings. The molecule has 1 saturated carbocycles. The van der Waals surface area contributed by atoms with E-state index in [1.165, 1.54) is 50.0 Å². The van der Waals surface area contributed by atoms with Gasteiger partial charge in [-0.25, -0.2) is 0 Å². The molecular formula is C11H24N2S. The number of hydrazine groups is 1. The van der Waals surface area contributed by atoms with Crippen molar-refractivity contribution >= 4 is 11.8 Å². The van der Waals surface area contributed by atoms with Crippen molar-refractivity contribution in [2.24, 2.45) is 11.8 Å². The van der Waals surface area contributed by atoms with Gasteiger partial charge in [-0.1, -0.05) is 32.6 Å². The van der Waals surface area contributed by atoms with Gasteiger partial charge in [0, 0.05) is 11.8 Å². The molecule has 0 aliphatic heterocycles. The molecule has 0 aromatic carbocycles. The second-order valence-electron chi connectivity index (χ2n) is 4.32. The highest BCUT2D eigenvalue weighted by atomic mass is 32.2. The molecule has 0 heterocycles. The van der Waals surface area contributed by atoms with Crippen LogP contribution in [0.2, 0.25) is 0 Å². The smallest absolute Gasteiger partial charge is 0.0303 e. The third-order valence-electron chi connectivity index (χ3n) is 3.00. The molecule has 0 amide bonds. The fourth-order valence-electron chi connectivity index (χ4n) is 2.20. The van der Waals surface area contributed by atoms with Gasteiger partial charge in [0.2, 0.25) is 0 Å². The first-order chi connectivity index (χ1) is 6.86. The van der Waals surface area contributed by atoms with Crippen LogP contribution < -0.4 is 11.3 Å². The molecule has 2 nitrogen and oxygen atoms in total. The maximum absolute atomic E-state index is 5.57. The highest BCUT2D eigenvalue weighted by Crippen LogP contribution is 2.29. The maximum atomic E-state index is 5.57. The number of hydrogen-bond acceptors (Lipinski definition) is 3. The Balaban J connectivity index is 2.10. The Kier molecular flexibility index (Phi) is 6.65. The molecule has 1 rings (SSSR count). The van der Waals surface area contributed by atoms with E-state index in [9.17, 15) is 0 Å². The molecule has 84 valence electrons. The quantitative estimate of drug-likeness (QED) is 0.390. The molecule has 1 atom stereocenters. The first-order valence-electron chi connectivity index (χ1n) is 5.90. The van der Waals surface area contributed by atoms with E-state index in [4.69, 9.17) is 5.84 Å². The first kappa shape index (κ1) is 12.3. The molecule has 1 aliphatic rings. The molecule has 1 unspecified atom stereocenters. The zero-order valence-electron chi connectivity index (χ0n) is 9.30. The minimum absolute atomic E-state index is 0.537. The summed E-state index contributed by atoms with van der Waals surface area (Å²) in [5, 5.41) is 0. The molecule has 1 aliphatic carbocycles. The highest BCUT2D eigenvalue weighted by molar-refractivity contribution is 7.99. The molecular weight excluding hydrogens is 192 g/mol. The van der Waals surface area contributed by atoms with Crippen molar-refractivity contribution in [2.45, 2.75) is 51.5 Å². The van der Waals surface area contributed by atoms with Gasteiger partial charge in [-0.2, -0.15) is 11.8 Å². The normalized spacial score (nSPS) is 20.1. The number of hydrogen-bond donors (Lipinski definition) is 2. The summed E-state index contributed by atoms with van der Waals surface area (Å²) in [4.78, 5) is 0. The molecule has 0 spiro atoms. The average molecular weight is 216 g/mol. The van der Waals surface area contributed by atoms with Crippen molar-refractivity contribution in [1.29, 1.82) is 0 Å². The number of nitrogens with one attached hydrogen (secondary N) is 1. The van der Waals surface area contributed by atoms with E-state index < -0.39 is 0 Å². The Labute approximate surface area is 92.4 Å². The SMILES string of the molecule is CCCSCC(CC1CCCC1)NN. The largest absolute Gasteiger partial charge is 0.271 e.